The van der Waals surface area contributed by atoms with Crippen LogP contribution in [0.2, 0.25) is 0 Å². The molecule has 1 N–H and O–H groups in total. The molecule has 0 heterocycles. The molecule has 0 bridgehead atoms. The van der Waals surface area contributed by atoms with E-state index in [1.165, 1.54) is 68.3 Å². The molecule has 0 atom stereocenters. The van der Waals surface area contributed by atoms with Crippen molar-refractivity contribution in [1.82, 2.24) is 0 Å². The Morgan fingerprint density at radius 3 is 1.85 bits per heavy atom. The van der Waals surface area contributed by atoms with Crippen molar-refractivity contribution in [3.8, 4) is 0 Å². The van der Waals surface area contributed by atoms with Gasteiger partial charge in [0.2, 0.25) is 0 Å². The minimum Gasteiger partial charge on any atom is -0.870 e. The molecular formula is C18H33NO. The lowest BCUT2D eigenvalue weighted by Gasteiger charge is -2.39. The zero-order chi connectivity index (χ0) is 14.0. The highest BCUT2D eigenvalue weighted by atomic mass is 16.0. The molecule has 116 valence electrons. The van der Waals surface area contributed by atoms with Gasteiger partial charge in [0.1, 0.15) is 6.54 Å². The molecule has 0 saturated heterocycles. The largest absolute Gasteiger partial charge is 0.870 e. The van der Waals surface area contributed by atoms with Crippen molar-refractivity contribution in [3.63, 3.8) is 0 Å². The Kier molecular flexibility index (Phi) is 10.4. The summed E-state index contributed by atoms with van der Waals surface area (Å²) >= 11 is 0. The standard InChI is InChI=1S/C18H32N.H2O/c1-4-7-11-16-19(14-5-2,15-6-3)17-18-12-9-8-10-13-18;/h8-10,12-13H,4-7,11,14-17H2,1-3H3;1H2/q+1;/p-1. The van der Waals surface area contributed by atoms with Gasteiger partial charge in [-0.15, -0.1) is 0 Å². The van der Waals surface area contributed by atoms with Crippen molar-refractivity contribution >= 4 is 0 Å². The van der Waals surface area contributed by atoms with Crippen LogP contribution in [0.5, 0.6) is 0 Å². The summed E-state index contributed by atoms with van der Waals surface area (Å²) in [6, 6.07) is 11.0. The van der Waals surface area contributed by atoms with Crippen LogP contribution in [0.15, 0.2) is 30.3 Å². The van der Waals surface area contributed by atoms with Crippen molar-refractivity contribution in [3.05, 3.63) is 35.9 Å². The second-order valence-electron chi connectivity index (χ2n) is 5.86. The molecule has 0 spiro atoms. The number of rotatable bonds is 10. The first-order chi connectivity index (χ1) is 9.26. The monoisotopic (exact) mass is 279 g/mol. The zero-order valence-corrected chi connectivity index (χ0v) is 13.6. The van der Waals surface area contributed by atoms with Gasteiger partial charge in [-0.2, -0.15) is 0 Å². The number of hydrogen-bond donors (Lipinski definition) is 0. The molecular weight excluding hydrogens is 246 g/mol. The third kappa shape index (κ3) is 6.53. The van der Waals surface area contributed by atoms with Crippen LogP contribution in [0.25, 0.3) is 0 Å². The summed E-state index contributed by atoms with van der Waals surface area (Å²) in [4.78, 5) is 0. The van der Waals surface area contributed by atoms with E-state index in [1.54, 1.807) is 0 Å². The van der Waals surface area contributed by atoms with E-state index in [0.29, 0.717) is 0 Å². The van der Waals surface area contributed by atoms with Crippen LogP contribution in [-0.4, -0.2) is 29.6 Å². The van der Waals surface area contributed by atoms with E-state index in [0.717, 1.165) is 0 Å². The topological polar surface area (TPSA) is 30.0 Å². The van der Waals surface area contributed by atoms with Gasteiger partial charge in [0.25, 0.3) is 0 Å². The van der Waals surface area contributed by atoms with Crippen molar-refractivity contribution in [2.45, 2.75) is 59.4 Å². The predicted molar refractivity (Wildman–Crippen MR) is 87.1 cm³/mol. The van der Waals surface area contributed by atoms with Gasteiger partial charge in [-0.05, 0) is 25.7 Å². The van der Waals surface area contributed by atoms with E-state index in [2.05, 4.69) is 51.1 Å². The first-order valence-corrected chi connectivity index (χ1v) is 8.15. The fourth-order valence-corrected chi connectivity index (χ4v) is 3.19. The van der Waals surface area contributed by atoms with E-state index < -0.39 is 0 Å². The average Bonchev–Trinajstić information content (AvgIpc) is 2.41. The maximum atomic E-state index is 2.33. The molecule has 0 amide bonds. The Morgan fingerprint density at radius 2 is 1.35 bits per heavy atom. The molecule has 2 heteroatoms. The molecule has 0 radical (unpaired) electrons. The Morgan fingerprint density at radius 1 is 0.750 bits per heavy atom. The zero-order valence-electron chi connectivity index (χ0n) is 13.6. The minimum absolute atomic E-state index is 0. The molecule has 0 aromatic heterocycles. The van der Waals surface area contributed by atoms with Gasteiger partial charge >= 0.3 is 0 Å². The van der Waals surface area contributed by atoms with Crippen molar-refractivity contribution in [1.29, 1.82) is 0 Å². The molecule has 0 fully saturated rings. The van der Waals surface area contributed by atoms with Gasteiger partial charge in [0.15, 0.2) is 0 Å². The van der Waals surface area contributed by atoms with Crippen LogP contribution in [0, 0.1) is 0 Å². The first kappa shape index (κ1) is 19.1. The van der Waals surface area contributed by atoms with Gasteiger partial charge in [0.05, 0.1) is 19.6 Å². The van der Waals surface area contributed by atoms with Crippen LogP contribution in [0.4, 0.5) is 0 Å². The van der Waals surface area contributed by atoms with Gasteiger partial charge < -0.3 is 9.96 Å². The lowest BCUT2D eigenvalue weighted by Crippen LogP contribution is -2.49. The van der Waals surface area contributed by atoms with E-state index in [4.69, 9.17) is 0 Å². The normalized spacial score (nSPS) is 11.2. The highest BCUT2D eigenvalue weighted by Crippen LogP contribution is 2.18. The molecule has 2 nitrogen and oxygen atoms in total. The number of unbranched alkanes of at least 4 members (excludes halogenated alkanes) is 2. The Balaban J connectivity index is 0.00000361. The summed E-state index contributed by atoms with van der Waals surface area (Å²) in [6.07, 6.45) is 6.66. The molecule has 1 rings (SSSR count). The van der Waals surface area contributed by atoms with Crippen molar-refractivity contribution in [2.75, 3.05) is 19.6 Å². The summed E-state index contributed by atoms with van der Waals surface area (Å²) < 4.78 is 1.29. The quantitative estimate of drug-likeness (QED) is 0.445. The molecule has 1 aromatic carbocycles. The summed E-state index contributed by atoms with van der Waals surface area (Å²) in [5.74, 6) is 0. The maximum Gasteiger partial charge on any atom is 0.104 e. The minimum atomic E-state index is 0. The summed E-state index contributed by atoms with van der Waals surface area (Å²) in [6.45, 7) is 12.2. The Hall–Kier alpha value is -0.860. The molecule has 0 aliphatic rings. The van der Waals surface area contributed by atoms with E-state index >= 15 is 0 Å². The first-order valence-electron chi connectivity index (χ1n) is 8.15. The third-order valence-electron chi connectivity index (χ3n) is 3.99. The lowest BCUT2D eigenvalue weighted by atomic mass is 10.1. The predicted octanol–water partition coefficient (Wildman–Crippen LogP) is 4.84. The van der Waals surface area contributed by atoms with E-state index in [-0.39, 0.29) is 5.48 Å². The average molecular weight is 279 g/mol. The summed E-state index contributed by atoms with van der Waals surface area (Å²) in [7, 11) is 0. The number of hydrogen-bond acceptors (Lipinski definition) is 1. The molecule has 1 aromatic rings. The van der Waals surface area contributed by atoms with Gasteiger partial charge in [-0.3, -0.25) is 0 Å². The fraction of sp³-hybridized carbons (Fsp3) is 0.667. The van der Waals surface area contributed by atoms with E-state index in [9.17, 15) is 0 Å². The number of quaternary nitrogens is 1. The van der Waals surface area contributed by atoms with Gasteiger partial charge in [-0.1, -0.05) is 57.5 Å². The molecule has 0 aliphatic carbocycles. The smallest absolute Gasteiger partial charge is 0.104 e. The Bertz CT molecular complexity index is 317. The SMILES string of the molecule is CCCCC[N+](CCC)(CCC)Cc1ccccc1.[OH-]. The summed E-state index contributed by atoms with van der Waals surface area (Å²) in [5, 5.41) is 0. The van der Waals surface area contributed by atoms with Crippen LogP contribution in [0.3, 0.4) is 0 Å². The van der Waals surface area contributed by atoms with Crippen molar-refractivity contribution < 1.29 is 9.96 Å². The van der Waals surface area contributed by atoms with E-state index in [1.807, 2.05) is 0 Å². The number of benzene rings is 1. The maximum absolute atomic E-state index is 2.33. The second kappa shape index (κ2) is 10.9. The lowest BCUT2D eigenvalue weighted by molar-refractivity contribution is -0.941. The number of nitrogens with zero attached hydrogens (tertiary/aromatic N) is 1. The van der Waals surface area contributed by atoms with Crippen molar-refractivity contribution in [2.24, 2.45) is 0 Å². The van der Waals surface area contributed by atoms with Gasteiger partial charge in [-0.25, -0.2) is 0 Å². The second-order valence-corrected chi connectivity index (χ2v) is 5.86. The van der Waals surface area contributed by atoms with Crippen LogP contribution < -0.4 is 0 Å². The van der Waals surface area contributed by atoms with Crippen LogP contribution >= 0.6 is 0 Å². The molecule has 0 aliphatic heterocycles. The van der Waals surface area contributed by atoms with Gasteiger partial charge in [0, 0.05) is 5.56 Å². The Labute approximate surface area is 125 Å². The summed E-state index contributed by atoms with van der Waals surface area (Å²) in [5.41, 5.74) is 1.50. The highest BCUT2D eigenvalue weighted by Gasteiger charge is 2.25. The highest BCUT2D eigenvalue weighted by molar-refractivity contribution is 5.13. The molecule has 20 heavy (non-hydrogen) atoms. The third-order valence-corrected chi connectivity index (χ3v) is 3.99. The fourth-order valence-electron chi connectivity index (χ4n) is 3.19. The molecule has 0 unspecified atom stereocenters. The van der Waals surface area contributed by atoms with Crippen LogP contribution in [0.1, 0.15) is 58.4 Å². The van der Waals surface area contributed by atoms with Crippen LogP contribution in [-0.2, 0) is 6.54 Å². The molecule has 0 saturated carbocycles.